The summed E-state index contributed by atoms with van der Waals surface area (Å²) in [5.74, 6) is 1.82. The molecule has 0 saturated heterocycles. The minimum Gasteiger partial charge on any atom is -0.466 e. The van der Waals surface area contributed by atoms with E-state index in [4.69, 9.17) is 9.47 Å². The first-order valence-corrected chi connectivity index (χ1v) is 12.8. The van der Waals surface area contributed by atoms with E-state index in [1.807, 2.05) is 0 Å². The highest BCUT2D eigenvalue weighted by molar-refractivity contribution is 5.96. The van der Waals surface area contributed by atoms with Crippen molar-refractivity contribution in [1.82, 2.24) is 0 Å². The van der Waals surface area contributed by atoms with Crippen LogP contribution in [0.1, 0.15) is 85.0 Å². The van der Waals surface area contributed by atoms with Gasteiger partial charge in [0.15, 0.2) is 11.9 Å². The van der Waals surface area contributed by atoms with Gasteiger partial charge in [-0.15, -0.1) is 0 Å². The second kappa shape index (κ2) is 9.71. The summed E-state index contributed by atoms with van der Waals surface area (Å²) in [6, 6.07) is 0. The number of Topliss-reactive ketones (excluding diaryl/α,β-unsaturated/α-hetero) is 1. The van der Waals surface area contributed by atoms with Crippen molar-refractivity contribution in [2.45, 2.75) is 91.1 Å². The number of hydrogen-bond acceptors (Lipinski definition) is 6. The molecule has 0 radical (unpaired) electrons. The summed E-state index contributed by atoms with van der Waals surface area (Å²) in [5.41, 5.74) is 1.04. The second-order valence-electron chi connectivity index (χ2n) is 11.0. The fourth-order valence-electron chi connectivity index (χ4n) is 7.63. The lowest BCUT2D eigenvalue weighted by molar-refractivity contribution is -0.154. The van der Waals surface area contributed by atoms with Crippen molar-refractivity contribution in [2.24, 2.45) is 35.0 Å². The Morgan fingerprint density at radius 2 is 1.88 bits per heavy atom. The molecule has 0 heterocycles. The third-order valence-corrected chi connectivity index (χ3v) is 9.07. The van der Waals surface area contributed by atoms with Gasteiger partial charge in [0.1, 0.15) is 5.78 Å². The van der Waals surface area contributed by atoms with Crippen LogP contribution in [0.2, 0.25) is 0 Å². The molecule has 7 atom stereocenters. The van der Waals surface area contributed by atoms with Crippen molar-refractivity contribution in [3.05, 3.63) is 11.6 Å². The molecule has 0 aliphatic heterocycles. The van der Waals surface area contributed by atoms with Crippen LogP contribution in [0.4, 0.5) is 0 Å². The molecule has 4 rings (SSSR count). The first kappa shape index (κ1) is 24.2. The van der Waals surface area contributed by atoms with Crippen LogP contribution in [-0.4, -0.2) is 36.2 Å². The maximum atomic E-state index is 12.8. The fraction of sp³-hybridized carbons (Fsp3) is 0.778. The lowest BCUT2D eigenvalue weighted by Crippen LogP contribution is -2.51. The molecule has 0 aromatic carbocycles. The molecule has 6 heteroatoms. The van der Waals surface area contributed by atoms with E-state index in [0.717, 1.165) is 51.4 Å². The maximum absolute atomic E-state index is 12.8. The smallest absolute Gasteiger partial charge is 0.303 e. The molecule has 0 N–H and O–H groups in total. The highest BCUT2D eigenvalue weighted by atomic mass is 16.5. The minimum absolute atomic E-state index is 0.0771. The standard InChI is InChI=1S/C27H38O6/c1-16(28)32-12-6-4-5-7-18-13-19-14-23(30)24(33-17(2)29)15-21(19)20-10-11-27(3)22(26(18)20)8-9-25(27)31/h14,18,20-22,24,26H,4-13,15H2,1-3H3/t18-,20-,21+,22+,24?,26-,27+/m1/s1. The van der Waals surface area contributed by atoms with Gasteiger partial charge < -0.3 is 9.47 Å². The summed E-state index contributed by atoms with van der Waals surface area (Å²) in [6.07, 6.45) is 10.3. The Bertz CT molecular complexity index is 844. The van der Waals surface area contributed by atoms with Crippen molar-refractivity contribution >= 4 is 23.5 Å². The van der Waals surface area contributed by atoms with Gasteiger partial charge in [0, 0.05) is 25.7 Å². The van der Waals surface area contributed by atoms with Gasteiger partial charge >= 0.3 is 11.9 Å². The van der Waals surface area contributed by atoms with Crippen LogP contribution in [0.5, 0.6) is 0 Å². The summed E-state index contributed by atoms with van der Waals surface area (Å²) >= 11 is 0. The van der Waals surface area contributed by atoms with Gasteiger partial charge in [-0.05, 0) is 80.6 Å². The molecule has 0 amide bonds. The number of esters is 2. The van der Waals surface area contributed by atoms with E-state index >= 15 is 0 Å². The Labute approximate surface area is 196 Å². The summed E-state index contributed by atoms with van der Waals surface area (Å²) in [5, 5.41) is 0. The Balaban J connectivity index is 1.52. The quantitative estimate of drug-likeness (QED) is 0.410. The summed E-state index contributed by atoms with van der Waals surface area (Å²) in [4.78, 5) is 48.0. The van der Waals surface area contributed by atoms with Gasteiger partial charge in [0.25, 0.3) is 0 Å². The molecular formula is C27H38O6. The van der Waals surface area contributed by atoms with Crippen molar-refractivity contribution in [1.29, 1.82) is 0 Å². The predicted molar refractivity (Wildman–Crippen MR) is 122 cm³/mol. The molecule has 182 valence electrons. The van der Waals surface area contributed by atoms with Crippen LogP contribution >= 0.6 is 0 Å². The zero-order valence-electron chi connectivity index (χ0n) is 20.3. The zero-order valence-corrected chi connectivity index (χ0v) is 20.3. The molecule has 4 aliphatic rings. The minimum atomic E-state index is -0.659. The molecule has 0 aromatic heterocycles. The van der Waals surface area contributed by atoms with Crippen molar-refractivity contribution < 1.29 is 28.7 Å². The van der Waals surface area contributed by atoms with E-state index in [9.17, 15) is 19.2 Å². The van der Waals surface area contributed by atoms with Gasteiger partial charge in [0.05, 0.1) is 6.61 Å². The number of fused-ring (bicyclic) bond motifs is 5. The van der Waals surface area contributed by atoms with Gasteiger partial charge in [-0.1, -0.05) is 25.3 Å². The predicted octanol–water partition coefficient (Wildman–Crippen LogP) is 4.59. The molecule has 0 aromatic rings. The highest BCUT2D eigenvalue weighted by Gasteiger charge is 2.58. The first-order valence-electron chi connectivity index (χ1n) is 12.8. The highest BCUT2D eigenvalue weighted by Crippen LogP contribution is 2.62. The van der Waals surface area contributed by atoms with Crippen molar-refractivity contribution in [2.75, 3.05) is 6.61 Å². The SMILES string of the molecule is CC(=O)OCCCCC[C@@H]1CC2=CC(=O)C(OC(C)=O)C[C@@H]2[C@H]2CC[C@]3(C)C(=O)CC[C@H]3[C@H]12. The number of rotatable bonds is 7. The monoisotopic (exact) mass is 458 g/mol. The molecule has 3 fully saturated rings. The van der Waals surface area contributed by atoms with E-state index in [0.29, 0.717) is 48.9 Å². The summed E-state index contributed by atoms with van der Waals surface area (Å²) in [7, 11) is 0. The molecule has 6 nitrogen and oxygen atoms in total. The maximum Gasteiger partial charge on any atom is 0.303 e. The largest absolute Gasteiger partial charge is 0.466 e. The van der Waals surface area contributed by atoms with Crippen LogP contribution in [0.25, 0.3) is 0 Å². The fourth-order valence-corrected chi connectivity index (χ4v) is 7.63. The number of unbranched alkanes of at least 4 members (excludes halogenated alkanes) is 2. The van der Waals surface area contributed by atoms with Crippen molar-refractivity contribution in [3.8, 4) is 0 Å². The van der Waals surface area contributed by atoms with E-state index < -0.39 is 12.1 Å². The van der Waals surface area contributed by atoms with Gasteiger partial charge in [0.2, 0.25) is 0 Å². The van der Waals surface area contributed by atoms with Crippen LogP contribution in [0.15, 0.2) is 11.6 Å². The number of hydrogen-bond donors (Lipinski definition) is 0. The first-order chi connectivity index (χ1) is 15.7. The van der Waals surface area contributed by atoms with E-state index in [1.165, 1.54) is 19.4 Å². The number of allylic oxidation sites excluding steroid dienone is 1. The molecule has 1 unspecified atom stereocenters. The molecule has 4 aliphatic carbocycles. The van der Waals surface area contributed by atoms with Crippen molar-refractivity contribution in [3.63, 3.8) is 0 Å². The third kappa shape index (κ3) is 4.81. The molecular weight excluding hydrogens is 420 g/mol. The molecule has 3 saturated carbocycles. The lowest BCUT2D eigenvalue weighted by atomic mass is 9.49. The van der Waals surface area contributed by atoms with Gasteiger partial charge in [-0.25, -0.2) is 0 Å². The van der Waals surface area contributed by atoms with Crippen LogP contribution in [0.3, 0.4) is 0 Å². The van der Waals surface area contributed by atoms with Crippen LogP contribution < -0.4 is 0 Å². The molecule has 0 bridgehead atoms. The number of ketones is 2. The Morgan fingerprint density at radius 3 is 2.61 bits per heavy atom. The van der Waals surface area contributed by atoms with E-state index in [1.54, 1.807) is 6.08 Å². The molecule has 0 spiro atoms. The summed E-state index contributed by atoms with van der Waals surface area (Å²) < 4.78 is 10.4. The van der Waals surface area contributed by atoms with Crippen LogP contribution in [0, 0.1) is 35.0 Å². The Hall–Kier alpha value is -1.98. The zero-order chi connectivity index (χ0) is 23.8. The average Bonchev–Trinajstić information content (AvgIpc) is 3.05. The molecule has 33 heavy (non-hydrogen) atoms. The van der Waals surface area contributed by atoms with Gasteiger partial charge in [-0.3, -0.25) is 19.2 Å². The third-order valence-electron chi connectivity index (χ3n) is 9.07. The van der Waals surface area contributed by atoms with Crippen LogP contribution in [-0.2, 0) is 28.7 Å². The van der Waals surface area contributed by atoms with Gasteiger partial charge in [-0.2, -0.15) is 0 Å². The topological polar surface area (TPSA) is 86.7 Å². The lowest BCUT2D eigenvalue weighted by Gasteiger charge is -2.55. The number of carbonyl (C=O) groups is 4. The average molecular weight is 459 g/mol. The normalized spacial score (nSPS) is 37.5. The van der Waals surface area contributed by atoms with E-state index in [2.05, 4.69) is 6.92 Å². The number of ether oxygens (including phenoxy) is 2. The Morgan fingerprint density at radius 1 is 1.09 bits per heavy atom. The Kier molecular flexibility index (Phi) is 7.11. The van der Waals surface area contributed by atoms with E-state index in [-0.39, 0.29) is 23.1 Å². The summed E-state index contributed by atoms with van der Waals surface area (Å²) in [6.45, 7) is 5.47. The number of carbonyl (C=O) groups excluding carboxylic acids is 4. The second-order valence-corrected chi connectivity index (χ2v) is 11.0.